The molecule has 0 bridgehead atoms. The Hall–Kier alpha value is -4.00. The van der Waals surface area contributed by atoms with Crippen molar-refractivity contribution >= 4 is 16.9 Å². The molecular formula is C34H43N3O4. The molecule has 3 aromatic carbocycles. The summed E-state index contributed by atoms with van der Waals surface area (Å²) in [6, 6.07) is 21.9. The second kappa shape index (κ2) is 14.1. The molecule has 1 heterocycles. The van der Waals surface area contributed by atoms with Gasteiger partial charge in [0.15, 0.2) is 11.5 Å². The summed E-state index contributed by atoms with van der Waals surface area (Å²) in [5.41, 5.74) is 4.20. The van der Waals surface area contributed by atoms with Gasteiger partial charge in [-0.05, 0) is 72.7 Å². The van der Waals surface area contributed by atoms with Crippen LogP contribution < -0.4 is 19.5 Å². The largest absolute Gasteiger partial charge is 0.494 e. The Bertz CT molecular complexity index is 1420. The minimum Gasteiger partial charge on any atom is -0.494 e. The van der Waals surface area contributed by atoms with E-state index in [0.717, 1.165) is 55.7 Å². The maximum atomic E-state index is 12.5. The SMILES string of the molecule is COc1ccc(C(=O)NCCCCCc2nc3ccccc3n2CCCOc2ccc(C(C)(C)C)cc2)cc1OC. The Balaban J connectivity index is 1.24. The Morgan fingerprint density at radius 3 is 2.37 bits per heavy atom. The number of hydrogen-bond acceptors (Lipinski definition) is 5. The molecule has 7 heteroatoms. The van der Waals surface area contributed by atoms with Crippen molar-refractivity contribution < 1.29 is 19.0 Å². The maximum absolute atomic E-state index is 12.5. The highest BCUT2D eigenvalue weighted by Gasteiger charge is 2.14. The zero-order valence-corrected chi connectivity index (χ0v) is 25.0. The summed E-state index contributed by atoms with van der Waals surface area (Å²) in [6.07, 6.45) is 4.71. The molecule has 0 aliphatic rings. The van der Waals surface area contributed by atoms with E-state index in [1.807, 2.05) is 6.07 Å². The summed E-state index contributed by atoms with van der Waals surface area (Å²) in [6.45, 7) is 8.79. The van der Waals surface area contributed by atoms with Gasteiger partial charge in [-0.1, -0.05) is 51.5 Å². The van der Waals surface area contributed by atoms with Crippen LogP contribution in [0.25, 0.3) is 11.0 Å². The lowest BCUT2D eigenvalue weighted by molar-refractivity contribution is 0.0952. The first-order valence-corrected chi connectivity index (χ1v) is 14.5. The van der Waals surface area contributed by atoms with E-state index in [9.17, 15) is 4.79 Å². The minimum atomic E-state index is -0.111. The van der Waals surface area contributed by atoms with Crippen LogP contribution in [0, 0.1) is 0 Å². The number of nitrogens with zero attached hydrogens (tertiary/aromatic N) is 2. The molecule has 4 aromatic rings. The van der Waals surface area contributed by atoms with E-state index >= 15 is 0 Å². The molecule has 0 spiro atoms. The summed E-state index contributed by atoms with van der Waals surface area (Å²) in [5.74, 6) is 3.06. The van der Waals surface area contributed by atoms with Crippen LogP contribution >= 0.6 is 0 Å². The van der Waals surface area contributed by atoms with Crippen LogP contribution in [0.15, 0.2) is 66.7 Å². The third-order valence-corrected chi connectivity index (χ3v) is 7.26. The van der Waals surface area contributed by atoms with Gasteiger partial charge in [0.25, 0.3) is 5.91 Å². The fraction of sp³-hybridized carbons (Fsp3) is 0.412. The normalized spacial score (nSPS) is 11.4. The van der Waals surface area contributed by atoms with Crippen LogP contribution in [-0.4, -0.2) is 42.8 Å². The molecule has 1 aromatic heterocycles. The van der Waals surface area contributed by atoms with Gasteiger partial charge in [-0.25, -0.2) is 4.98 Å². The summed E-state index contributed by atoms with van der Waals surface area (Å²) >= 11 is 0. The summed E-state index contributed by atoms with van der Waals surface area (Å²) in [7, 11) is 3.14. The van der Waals surface area contributed by atoms with E-state index in [1.54, 1.807) is 32.4 Å². The molecule has 218 valence electrons. The molecule has 0 aliphatic heterocycles. The van der Waals surface area contributed by atoms with Crippen LogP contribution in [0.4, 0.5) is 0 Å². The van der Waals surface area contributed by atoms with E-state index in [0.29, 0.717) is 30.2 Å². The van der Waals surface area contributed by atoms with Gasteiger partial charge in [0.1, 0.15) is 11.6 Å². The molecule has 0 fully saturated rings. The number of nitrogens with one attached hydrogen (secondary N) is 1. The van der Waals surface area contributed by atoms with Crippen LogP contribution in [0.5, 0.6) is 17.2 Å². The molecule has 0 unspecified atom stereocenters. The highest BCUT2D eigenvalue weighted by Crippen LogP contribution is 2.27. The number of ether oxygens (including phenoxy) is 3. The molecule has 0 aliphatic carbocycles. The molecule has 0 saturated heterocycles. The van der Waals surface area contributed by atoms with Crippen LogP contribution in [0.3, 0.4) is 0 Å². The lowest BCUT2D eigenvalue weighted by Crippen LogP contribution is -2.24. The fourth-order valence-electron chi connectivity index (χ4n) is 4.90. The first-order chi connectivity index (χ1) is 19.8. The first kappa shape index (κ1) is 30.0. The van der Waals surface area contributed by atoms with Gasteiger partial charge < -0.3 is 24.1 Å². The number of rotatable bonds is 14. The Kier molecular flexibility index (Phi) is 10.3. The number of benzene rings is 3. The van der Waals surface area contributed by atoms with Gasteiger partial charge in [-0.15, -0.1) is 0 Å². The molecule has 7 nitrogen and oxygen atoms in total. The van der Waals surface area contributed by atoms with E-state index in [-0.39, 0.29) is 11.3 Å². The van der Waals surface area contributed by atoms with Crippen molar-refractivity contribution in [3.63, 3.8) is 0 Å². The number of unbranched alkanes of at least 4 members (excludes halogenated alkanes) is 2. The molecule has 41 heavy (non-hydrogen) atoms. The lowest BCUT2D eigenvalue weighted by Gasteiger charge is -2.19. The average molecular weight is 558 g/mol. The van der Waals surface area contributed by atoms with Crippen molar-refractivity contribution in [1.29, 1.82) is 0 Å². The molecule has 0 radical (unpaired) electrons. The Morgan fingerprint density at radius 1 is 0.878 bits per heavy atom. The quantitative estimate of drug-likeness (QED) is 0.170. The third kappa shape index (κ3) is 8.03. The third-order valence-electron chi connectivity index (χ3n) is 7.26. The molecule has 1 N–H and O–H groups in total. The minimum absolute atomic E-state index is 0.111. The molecule has 1 amide bonds. The van der Waals surface area contributed by atoms with E-state index in [1.165, 1.54) is 11.1 Å². The van der Waals surface area contributed by atoms with Crippen LogP contribution in [0.2, 0.25) is 0 Å². The smallest absolute Gasteiger partial charge is 0.251 e. The van der Waals surface area contributed by atoms with Crippen molar-refractivity contribution in [2.24, 2.45) is 0 Å². The summed E-state index contributed by atoms with van der Waals surface area (Å²) in [4.78, 5) is 17.5. The zero-order valence-electron chi connectivity index (χ0n) is 25.0. The van der Waals surface area contributed by atoms with Crippen molar-refractivity contribution in [2.45, 2.75) is 64.8 Å². The van der Waals surface area contributed by atoms with Crippen LogP contribution in [0.1, 0.15) is 68.2 Å². The number of para-hydroxylation sites is 2. The number of carbonyl (C=O) groups excluding carboxylic acids is 1. The summed E-state index contributed by atoms with van der Waals surface area (Å²) < 4.78 is 18.9. The van der Waals surface area contributed by atoms with Gasteiger partial charge >= 0.3 is 0 Å². The van der Waals surface area contributed by atoms with E-state index in [4.69, 9.17) is 19.2 Å². The summed E-state index contributed by atoms with van der Waals surface area (Å²) in [5, 5.41) is 3.01. The number of carbonyl (C=O) groups is 1. The second-order valence-corrected chi connectivity index (χ2v) is 11.3. The molecular weight excluding hydrogens is 514 g/mol. The van der Waals surface area contributed by atoms with Crippen molar-refractivity contribution in [2.75, 3.05) is 27.4 Å². The van der Waals surface area contributed by atoms with Crippen molar-refractivity contribution in [3.05, 3.63) is 83.7 Å². The molecule has 0 atom stereocenters. The molecule has 4 rings (SSSR count). The Morgan fingerprint density at radius 2 is 1.63 bits per heavy atom. The topological polar surface area (TPSA) is 74.6 Å². The number of hydrogen-bond donors (Lipinski definition) is 1. The van der Waals surface area contributed by atoms with E-state index in [2.05, 4.69) is 73.1 Å². The van der Waals surface area contributed by atoms with Crippen molar-refractivity contribution in [3.8, 4) is 17.2 Å². The lowest BCUT2D eigenvalue weighted by atomic mass is 9.87. The fourth-order valence-corrected chi connectivity index (χ4v) is 4.90. The van der Waals surface area contributed by atoms with Gasteiger partial charge in [0.05, 0.1) is 31.9 Å². The number of aryl methyl sites for hydroxylation is 2. The van der Waals surface area contributed by atoms with Crippen molar-refractivity contribution in [1.82, 2.24) is 14.9 Å². The number of aromatic nitrogens is 2. The average Bonchev–Trinajstić information content (AvgIpc) is 3.33. The highest BCUT2D eigenvalue weighted by molar-refractivity contribution is 5.94. The van der Waals surface area contributed by atoms with Crippen LogP contribution in [-0.2, 0) is 18.4 Å². The van der Waals surface area contributed by atoms with Gasteiger partial charge in [-0.3, -0.25) is 4.79 Å². The van der Waals surface area contributed by atoms with Gasteiger partial charge in [0.2, 0.25) is 0 Å². The van der Waals surface area contributed by atoms with Gasteiger partial charge in [-0.2, -0.15) is 0 Å². The number of amides is 1. The molecule has 0 saturated carbocycles. The maximum Gasteiger partial charge on any atom is 0.251 e. The highest BCUT2D eigenvalue weighted by atomic mass is 16.5. The first-order valence-electron chi connectivity index (χ1n) is 14.5. The standard InChI is InChI=1S/C34H43N3O4/c1-34(2,3)26-16-18-27(19-17-26)41-23-11-22-37-29-13-9-8-12-28(29)36-32(37)14-7-6-10-21-35-33(38)25-15-20-30(39-4)31(24-25)40-5/h8-9,12-13,15-20,24H,6-7,10-11,14,21-23H2,1-5H3,(H,35,38). The number of methoxy groups -OCH3 is 2. The monoisotopic (exact) mass is 557 g/mol. The zero-order chi connectivity index (χ0) is 29.2. The number of imidazole rings is 1. The van der Waals surface area contributed by atoms with E-state index < -0.39 is 0 Å². The number of fused-ring (bicyclic) bond motifs is 1. The van der Waals surface area contributed by atoms with Gasteiger partial charge in [0, 0.05) is 25.1 Å². The predicted octanol–water partition coefficient (Wildman–Crippen LogP) is 6.96. The second-order valence-electron chi connectivity index (χ2n) is 11.3. The predicted molar refractivity (Wildman–Crippen MR) is 164 cm³/mol. The Labute approximate surface area is 243 Å².